The molecular formula is C8H18N2O2. The predicted molar refractivity (Wildman–Crippen MR) is 48.6 cm³/mol. The number of oxime groups is 1. The van der Waals surface area contributed by atoms with Gasteiger partial charge in [0.25, 0.3) is 0 Å². The van der Waals surface area contributed by atoms with Crippen molar-refractivity contribution >= 4 is 6.72 Å². The van der Waals surface area contributed by atoms with Crippen molar-refractivity contribution in [1.29, 1.82) is 0 Å². The Morgan fingerprint density at radius 1 is 1.50 bits per heavy atom. The molecule has 0 rings (SSSR count). The first kappa shape index (κ1) is 11.4. The fourth-order valence-corrected chi connectivity index (χ4v) is 0.965. The lowest BCUT2D eigenvalue weighted by Crippen LogP contribution is -2.27. The summed E-state index contributed by atoms with van der Waals surface area (Å²) in [5.41, 5.74) is 0.175. The van der Waals surface area contributed by atoms with Crippen LogP contribution in [0.4, 0.5) is 0 Å². The number of hydrogen-bond donors (Lipinski definition) is 1. The molecule has 0 aliphatic rings. The van der Waals surface area contributed by atoms with Crippen LogP contribution in [0.3, 0.4) is 0 Å². The first-order chi connectivity index (χ1) is 5.49. The highest BCUT2D eigenvalue weighted by Gasteiger charge is 2.19. The van der Waals surface area contributed by atoms with Gasteiger partial charge < -0.3 is 4.84 Å². The minimum Gasteiger partial charge on any atom is -0.393 e. The Labute approximate surface area is 73.7 Å². The molecule has 1 unspecified atom stereocenters. The van der Waals surface area contributed by atoms with Crippen molar-refractivity contribution in [3.8, 4) is 0 Å². The van der Waals surface area contributed by atoms with Gasteiger partial charge in [-0.05, 0) is 11.8 Å². The molecule has 4 nitrogen and oxygen atoms in total. The average molecular weight is 174 g/mol. The summed E-state index contributed by atoms with van der Waals surface area (Å²) in [7, 11) is 0. The van der Waals surface area contributed by atoms with E-state index in [0.717, 1.165) is 6.42 Å². The first-order valence-electron chi connectivity index (χ1n) is 3.93. The minimum atomic E-state index is -0.115. The van der Waals surface area contributed by atoms with Crippen LogP contribution in [0.5, 0.6) is 0 Å². The topological polar surface area (TPSA) is 56.8 Å². The van der Waals surface area contributed by atoms with Gasteiger partial charge in [-0.1, -0.05) is 20.8 Å². The Bertz CT molecular complexity index is 132. The third-order valence-corrected chi connectivity index (χ3v) is 1.38. The molecule has 0 heterocycles. The lowest BCUT2D eigenvalue weighted by atomic mass is 9.89. The lowest BCUT2D eigenvalue weighted by Gasteiger charge is -2.23. The smallest absolute Gasteiger partial charge is 0.145 e. The highest BCUT2D eigenvalue weighted by molar-refractivity contribution is 5.21. The molecular weight excluding hydrogens is 156 g/mol. The van der Waals surface area contributed by atoms with Gasteiger partial charge in [-0.2, -0.15) is 0 Å². The maximum atomic E-state index is 5.08. The highest BCUT2D eigenvalue weighted by Crippen LogP contribution is 2.21. The average Bonchev–Trinajstić information content (AvgIpc) is 1.95. The number of rotatable bonds is 5. The minimum absolute atomic E-state index is 0.115. The Hall–Kier alpha value is -0.610. The number of hydrogen-bond acceptors (Lipinski definition) is 4. The van der Waals surface area contributed by atoms with E-state index >= 15 is 0 Å². The van der Waals surface area contributed by atoms with E-state index < -0.39 is 0 Å². The molecule has 4 heteroatoms. The van der Waals surface area contributed by atoms with Crippen molar-refractivity contribution in [3.63, 3.8) is 0 Å². The van der Waals surface area contributed by atoms with Crippen LogP contribution in [-0.2, 0) is 9.68 Å². The highest BCUT2D eigenvalue weighted by atomic mass is 16.7. The summed E-state index contributed by atoms with van der Waals surface area (Å²) in [5.74, 6) is 5.08. The fraction of sp³-hybridized carbons (Fsp3) is 0.875. The molecule has 0 aromatic rings. The second kappa shape index (κ2) is 5.11. The van der Waals surface area contributed by atoms with Gasteiger partial charge in [0, 0.05) is 6.72 Å². The van der Waals surface area contributed by atoms with Gasteiger partial charge in [0.1, 0.15) is 12.7 Å². The Morgan fingerprint density at radius 2 is 2.08 bits per heavy atom. The fourth-order valence-electron chi connectivity index (χ4n) is 0.965. The molecule has 0 fully saturated rings. The van der Waals surface area contributed by atoms with E-state index in [1.54, 1.807) is 0 Å². The zero-order chi connectivity index (χ0) is 9.61. The summed E-state index contributed by atoms with van der Waals surface area (Å²) in [6.45, 7) is 9.89. The molecule has 1 atom stereocenters. The molecule has 0 saturated heterocycles. The van der Waals surface area contributed by atoms with Gasteiger partial charge >= 0.3 is 0 Å². The Kier molecular flexibility index (Phi) is 4.85. The van der Waals surface area contributed by atoms with E-state index in [0.29, 0.717) is 6.61 Å². The first-order valence-corrected chi connectivity index (χ1v) is 3.93. The largest absolute Gasteiger partial charge is 0.393 e. The van der Waals surface area contributed by atoms with Gasteiger partial charge in [0.2, 0.25) is 0 Å². The normalized spacial score (nSPS) is 14.0. The molecule has 0 amide bonds. The molecule has 2 N–H and O–H groups in total. The van der Waals surface area contributed by atoms with E-state index in [1.165, 1.54) is 0 Å². The van der Waals surface area contributed by atoms with Crippen molar-refractivity contribution in [2.24, 2.45) is 16.5 Å². The molecule has 0 aliphatic carbocycles. The van der Waals surface area contributed by atoms with Crippen molar-refractivity contribution in [1.82, 2.24) is 0 Å². The van der Waals surface area contributed by atoms with Crippen LogP contribution < -0.4 is 5.90 Å². The SMILES string of the molecule is C=NOCC(CC(C)(C)C)ON. The van der Waals surface area contributed by atoms with Crippen molar-refractivity contribution < 1.29 is 9.68 Å². The van der Waals surface area contributed by atoms with Gasteiger partial charge in [0.05, 0.1) is 0 Å². The molecule has 12 heavy (non-hydrogen) atoms. The second-order valence-electron chi connectivity index (χ2n) is 3.95. The van der Waals surface area contributed by atoms with E-state index in [-0.39, 0.29) is 11.5 Å². The van der Waals surface area contributed by atoms with Gasteiger partial charge in [0.15, 0.2) is 0 Å². The van der Waals surface area contributed by atoms with Gasteiger partial charge in [-0.3, -0.25) is 4.84 Å². The molecule has 0 spiro atoms. The maximum Gasteiger partial charge on any atom is 0.145 e. The predicted octanol–water partition coefficient (Wildman–Crippen LogP) is 1.31. The molecule has 72 valence electrons. The molecule has 0 bridgehead atoms. The Balaban J connectivity index is 3.74. The van der Waals surface area contributed by atoms with Crippen molar-refractivity contribution in [2.75, 3.05) is 6.61 Å². The third kappa shape index (κ3) is 6.12. The van der Waals surface area contributed by atoms with Crippen LogP contribution >= 0.6 is 0 Å². The van der Waals surface area contributed by atoms with Gasteiger partial charge in [-0.25, -0.2) is 5.90 Å². The van der Waals surface area contributed by atoms with Crippen LogP contribution in [0, 0.1) is 5.41 Å². The zero-order valence-electron chi connectivity index (χ0n) is 8.04. The summed E-state index contributed by atoms with van der Waals surface area (Å²) in [5, 5.41) is 3.27. The van der Waals surface area contributed by atoms with Gasteiger partial charge in [-0.15, -0.1) is 5.16 Å². The van der Waals surface area contributed by atoms with Crippen LogP contribution in [0.25, 0.3) is 0 Å². The lowest BCUT2D eigenvalue weighted by molar-refractivity contribution is -0.0344. The molecule has 0 aromatic heterocycles. The number of nitrogens with two attached hydrogens (primary N) is 1. The quantitative estimate of drug-likeness (QED) is 0.505. The van der Waals surface area contributed by atoms with E-state index in [4.69, 9.17) is 15.6 Å². The maximum absolute atomic E-state index is 5.08. The third-order valence-electron chi connectivity index (χ3n) is 1.38. The van der Waals surface area contributed by atoms with Crippen LogP contribution in [-0.4, -0.2) is 19.4 Å². The van der Waals surface area contributed by atoms with E-state index in [1.807, 2.05) is 0 Å². The van der Waals surface area contributed by atoms with Crippen molar-refractivity contribution in [3.05, 3.63) is 0 Å². The van der Waals surface area contributed by atoms with Crippen LogP contribution in [0.1, 0.15) is 27.2 Å². The van der Waals surface area contributed by atoms with Crippen molar-refractivity contribution in [2.45, 2.75) is 33.3 Å². The standard InChI is InChI=1S/C8H18N2O2/c1-8(2,3)5-7(12-9)6-11-10-4/h7H,4-6,9H2,1-3H3. The monoisotopic (exact) mass is 174 g/mol. The van der Waals surface area contributed by atoms with E-state index in [9.17, 15) is 0 Å². The molecule has 0 aromatic carbocycles. The van der Waals surface area contributed by atoms with Crippen LogP contribution in [0.15, 0.2) is 5.16 Å². The molecule has 0 radical (unpaired) electrons. The molecule has 0 saturated carbocycles. The second-order valence-corrected chi connectivity index (χ2v) is 3.95. The summed E-state index contributed by atoms with van der Waals surface area (Å²) >= 11 is 0. The van der Waals surface area contributed by atoms with E-state index in [2.05, 4.69) is 32.6 Å². The summed E-state index contributed by atoms with van der Waals surface area (Å²) in [6.07, 6.45) is 0.717. The number of nitrogens with zero attached hydrogens (tertiary/aromatic N) is 1. The summed E-state index contributed by atoms with van der Waals surface area (Å²) < 4.78 is 0. The molecule has 0 aliphatic heterocycles. The van der Waals surface area contributed by atoms with Crippen LogP contribution in [0.2, 0.25) is 0 Å². The Morgan fingerprint density at radius 3 is 2.42 bits per heavy atom. The summed E-state index contributed by atoms with van der Waals surface area (Å²) in [6, 6.07) is 0. The zero-order valence-corrected chi connectivity index (χ0v) is 8.04. The summed E-state index contributed by atoms with van der Waals surface area (Å²) in [4.78, 5) is 9.46.